The van der Waals surface area contributed by atoms with Crippen molar-refractivity contribution in [3.8, 4) is 5.75 Å². The molecule has 0 saturated heterocycles. The van der Waals surface area contributed by atoms with Crippen molar-refractivity contribution < 1.29 is 9.84 Å². The van der Waals surface area contributed by atoms with Crippen LogP contribution in [0.2, 0.25) is 0 Å². The van der Waals surface area contributed by atoms with Crippen molar-refractivity contribution in [1.82, 2.24) is 0 Å². The molecule has 0 bridgehead atoms. The third-order valence-electron chi connectivity index (χ3n) is 2.61. The molecular formula is C13H21NO2. The lowest BCUT2D eigenvalue weighted by Crippen LogP contribution is -2.22. The molecule has 3 heteroatoms. The lowest BCUT2D eigenvalue weighted by Gasteiger charge is -2.24. The van der Waals surface area contributed by atoms with Gasteiger partial charge in [0.15, 0.2) is 0 Å². The number of anilines is 1. The first kappa shape index (κ1) is 12.8. The minimum atomic E-state index is 0.0542. The Balaban J connectivity index is 3.05. The van der Waals surface area contributed by atoms with E-state index in [0.29, 0.717) is 6.61 Å². The molecule has 90 valence electrons. The van der Waals surface area contributed by atoms with Crippen molar-refractivity contribution in [2.24, 2.45) is 0 Å². The molecule has 0 aliphatic rings. The van der Waals surface area contributed by atoms with E-state index in [2.05, 4.69) is 18.7 Å². The van der Waals surface area contributed by atoms with Crippen LogP contribution >= 0.6 is 0 Å². The Morgan fingerprint density at radius 3 is 2.38 bits per heavy atom. The van der Waals surface area contributed by atoms with Crippen LogP contribution in [0.25, 0.3) is 0 Å². The Kier molecular flexibility index (Phi) is 5.12. The minimum absolute atomic E-state index is 0.0542. The van der Waals surface area contributed by atoms with Crippen LogP contribution < -0.4 is 9.64 Å². The number of hydrogen-bond donors (Lipinski definition) is 1. The van der Waals surface area contributed by atoms with Crippen LogP contribution in [-0.4, -0.2) is 24.8 Å². The van der Waals surface area contributed by atoms with Crippen LogP contribution in [0.5, 0.6) is 5.75 Å². The molecule has 1 N–H and O–H groups in total. The number of aliphatic hydroxyl groups is 1. The highest BCUT2D eigenvalue weighted by Gasteiger charge is 2.09. The number of nitrogens with zero attached hydrogens (tertiary/aromatic N) is 1. The van der Waals surface area contributed by atoms with E-state index in [4.69, 9.17) is 9.84 Å². The van der Waals surface area contributed by atoms with E-state index in [1.807, 2.05) is 25.1 Å². The normalized spacial score (nSPS) is 10.2. The SMILES string of the molecule is CCOc1cc(CO)ccc1N(CC)CC. The summed E-state index contributed by atoms with van der Waals surface area (Å²) in [6, 6.07) is 5.87. The van der Waals surface area contributed by atoms with Crippen molar-refractivity contribution in [3.63, 3.8) is 0 Å². The first-order valence-corrected chi connectivity index (χ1v) is 5.88. The molecule has 0 unspecified atom stereocenters. The molecule has 1 aromatic carbocycles. The van der Waals surface area contributed by atoms with Gasteiger partial charge in [0.25, 0.3) is 0 Å². The third kappa shape index (κ3) is 2.89. The summed E-state index contributed by atoms with van der Waals surface area (Å²) in [6.07, 6.45) is 0. The van der Waals surface area contributed by atoms with Crippen molar-refractivity contribution in [2.75, 3.05) is 24.6 Å². The molecule has 0 atom stereocenters. The summed E-state index contributed by atoms with van der Waals surface area (Å²) >= 11 is 0. The Bertz CT molecular complexity index is 322. The lowest BCUT2D eigenvalue weighted by atomic mass is 10.2. The molecule has 3 nitrogen and oxygen atoms in total. The van der Waals surface area contributed by atoms with Crippen LogP contribution in [-0.2, 0) is 6.61 Å². The minimum Gasteiger partial charge on any atom is -0.492 e. The molecular weight excluding hydrogens is 202 g/mol. The summed E-state index contributed by atoms with van der Waals surface area (Å²) in [7, 11) is 0. The molecule has 0 amide bonds. The maximum absolute atomic E-state index is 9.10. The van der Waals surface area contributed by atoms with Gasteiger partial charge in [0.2, 0.25) is 0 Å². The Hall–Kier alpha value is -1.22. The first-order chi connectivity index (χ1) is 7.76. The monoisotopic (exact) mass is 223 g/mol. The molecule has 0 aliphatic carbocycles. The molecule has 16 heavy (non-hydrogen) atoms. The van der Waals surface area contributed by atoms with Gasteiger partial charge in [-0.05, 0) is 38.5 Å². The van der Waals surface area contributed by atoms with E-state index < -0.39 is 0 Å². The van der Waals surface area contributed by atoms with Crippen LogP contribution in [0.3, 0.4) is 0 Å². The molecule has 1 rings (SSSR count). The van der Waals surface area contributed by atoms with Gasteiger partial charge in [-0.25, -0.2) is 0 Å². The van der Waals surface area contributed by atoms with Crippen LogP contribution in [0.15, 0.2) is 18.2 Å². The van der Waals surface area contributed by atoms with Crippen molar-refractivity contribution in [1.29, 1.82) is 0 Å². The molecule has 0 radical (unpaired) electrons. The maximum atomic E-state index is 9.10. The fraction of sp³-hybridized carbons (Fsp3) is 0.538. The number of hydrogen-bond acceptors (Lipinski definition) is 3. The predicted octanol–water partition coefficient (Wildman–Crippen LogP) is 2.42. The average molecular weight is 223 g/mol. The van der Waals surface area contributed by atoms with Crippen LogP contribution in [0.4, 0.5) is 5.69 Å². The summed E-state index contributed by atoms with van der Waals surface area (Å²) < 4.78 is 5.61. The quantitative estimate of drug-likeness (QED) is 0.804. The Morgan fingerprint density at radius 2 is 1.88 bits per heavy atom. The van der Waals surface area contributed by atoms with E-state index in [1.54, 1.807) is 0 Å². The zero-order valence-electron chi connectivity index (χ0n) is 10.4. The number of aliphatic hydroxyl groups excluding tert-OH is 1. The summed E-state index contributed by atoms with van der Waals surface area (Å²) in [6.45, 7) is 8.82. The van der Waals surface area contributed by atoms with Gasteiger partial charge in [0, 0.05) is 13.1 Å². The highest BCUT2D eigenvalue weighted by atomic mass is 16.5. The Morgan fingerprint density at radius 1 is 1.19 bits per heavy atom. The third-order valence-corrected chi connectivity index (χ3v) is 2.61. The molecule has 0 saturated carbocycles. The van der Waals surface area contributed by atoms with Crippen LogP contribution in [0, 0.1) is 0 Å². The fourth-order valence-electron chi connectivity index (χ4n) is 1.75. The molecule has 0 heterocycles. The standard InChI is InChI=1S/C13H21NO2/c1-4-14(5-2)12-8-7-11(10-15)9-13(12)16-6-3/h7-9,15H,4-6,10H2,1-3H3. The topological polar surface area (TPSA) is 32.7 Å². The van der Waals surface area contributed by atoms with Gasteiger partial charge in [0.1, 0.15) is 5.75 Å². The number of ether oxygens (including phenoxy) is 1. The van der Waals surface area contributed by atoms with Gasteiger partial charge < -0.3 is 14.7 Å². The maximum Gasteiger partial charge on any atom is 0.142 e. The predicted molar refractivity (Wildman–Crippen MR) is 67.1 cm³/mol. The largest absolute Gasteiger partial charge is 0.492 e. The van der Waals surface area contributed by atoms with E-state index >= 15 is 0 Å². The second kappa shape index (κ2) is 6.38. The second-order valence-corrected chi connectivity index (χ2v) is 3.57. The van der Waals surface area contributed by atoms with Gasteiger partial charge in [-0.15, -0.1) is 0 Å². The van der Waals surface area contributed by atoms with Gasteiger partial charge in [-0.3, -0.25) is 0 Å². The van der Waals surface area contributed by atoms with Gasteiger partial charge >= 0.3 is 0 Å². The van der Waals surface area contributed by atoms with Crippen LogP contribution in [0.1, 0.15) is 26.3 Å². The van der Waals surface area contributed by atoms with Crippen molar-refractivity contribution in [2.45, 2.75) is 27.4 Å². The smallest absolute Gasteiger partial charge is 0.142 e. The number of rotatable bonds is 6. The second-order valence-electron chi connectivity index (χ2n) is 3.57. The van der Waals surface area contributed by atoms with E-state index in [0.717, 1.165) is 30.1 Å². The zero-order valence-corrected chi connectivity index (χ0v) is 10.4. The van der Waals surface area contributed by atoms with Gasteiger partial charge in [-0.2, -0.15) is 0 Å². The Labute approximate surface area is 97.7 Å². The van der Waals surface area contributed by atoms with E-state index in [-0.39, 0.29) is 6.61 Å². The summed E-state index contributed by atoms with van der Waals surface area (Å²) in [5.41, 5.74) is 1.99. The number of benzene rings is 1. The van der Waals surface area contributed by atoms with Crippen molar-refractivity contribution >= 4 is 5.69 Å². The molecule has 0 spiro atoms. The van der Waals surface area contributed by atoms with Gasteiger partial charge in [-0.1, -0.05) is 6.07 Å². The lowest BCUT2D eigenvalue weighted by molar-refractivity contribution is 0.280. The molecule has 1 aromatic rings. The van der Waals surface area contributed by atoms with Crippen molar-refractivity contribution in [3.05, 3.63) is 23.8 Å². The highest BCUT2D eigenvalue weighted by Crippen LogP contribution is 2.29. The molecule has 0 aliphatic heterocycles. The summed E-state index contributed by atoms with van der Waals surface area (Å²) in [4.78, 5) is 2.24. The highest BCUT2D eigenvalue weighted by molar-refractivity contribution is 5.59. The molecule has 0 fully saturated rings. The summed E-state index contributed by atoms with van der Waals surface area (Å²) in [5.74, 6) is 0.859. The average Bonchev–Trinajstić information content (AvgIpc) is 2.32. The summed E-state index contributed by atoms with van der Waals surface area (Å²) in [5, 5.41) is 9.10. The van der Waals surface area contributed by atoms with E-state index in [9.17, 15) is 0 Å². The fourth-order valence-corrected chi connectivity index (χ4v) is 1.75. The zero-order chi connectivity index (χ0) is 12.0. The molecule has 0 aromatic heterocycles. The van der Waals surface area contributed by atoms with E-state index in [1.165, 1.54) is 0 Å². The first-order valence-electron chi connectivity index (χ1n) is 5.88. The van der Waals surface area contributed by atoms with Gasteiger partial charge in [0.05, 0.1) is 18.9 Å².